The van der Waals surface area contributed by atoms with Gasteiger partial charge < -0.3 is 0 Å². The summed E-state index contributed by atoms with van der Waals surface area (Å²) in [6, 6.07) is 42.2. The highest BCUT2D eigenvalue weighted by molar-refractivity contribution is 5.81. The predicted molar refractivity (Wildman–Crippen MR) is 198 cm³/mol. The van der Waals surface area contributed by atoms with Gasteiger partial charge in [0.1, 0.15) is 0 Å². The van der Waals surface area contributed by atoms with Crippen molar-refractivity contribution in [1.82, 2.24) is 15.0 Å². The molecule has 5 aromatic carbocycles. The molecule has 4 heteroatoms. The molecule has 49 heavy (non-hydrogen) atoms. The summed E-state index contributed by atoms with van der Waals surface area (Å²) in [6.45, 7) is 9.68. The van der Waals surface area contributed by atoms with Crippen LogP contribution in [0.25, 0.3) is 61.3 Å². The van der Waals surface area contributed by atoms with Crippen LogP contribution in [-0.4, -0.2) is 15.0 Å². The van der Waals surface area contributed by atoms with E-state index in [1.54, 1.807) is 5.56 Å². The van der Waals surface area contributed by atoms with Gasteiger partial charge in [-0.3, -0.25) is 0 Å². The van der Waals surface area contributed by atoms with Gasteiger partial charge in [-0.05, 0) is 120 Å². The van der Waals surface area contributed by atoms with Crippen molar-refractivity contribution in [3.05, 3.63) is 144 Å². The van der Waals surface area contributed by atoms with Crippen molar-refractivity contribution in [3.8, 4) is 56.4 Å². The fourth-order valence-electron chi connectivity index (χ4n) is 9.53. The van der Waals surface area contributed by atoms with Crippen LogP contribution in [0.1, 0.15) is 49.7 Å². The normalized spacial score (nSPS) is 22.2. The summed E-state index contributed by atoms with van der Waals surface area (Å²) in [7, 11) is 0. The fraction of sp³-hybridized carbons (Fsp3) is 0.244. The molecule has 6 aromatic rings. The smallest absolute Gasteiger partial charge is 0.187 e. The zero-order chi connectivity index (χ0) is 33.0. The van der Waals surface area contributed by atoms with Gasteiger partial charge in [-0.1, -0.05) is 103 Å². The first kappa shape index (κ1) is 29.7. The summed E-state index contributed by atoms with van der Waals surface area (Å²) in [5.74, 6) is 4.61. The van der Waals surface area contributed by atoms with Crippen LogP contribution < -0.4 is 0 Å². The van der Waals surface area contributed by atoms with Crippen molar-refractivity contribution in [2.45, 2.75) is 50.9 Å². The summed E-state index contributed by atoms with van der Waals surface area (Å²) >= 11 is 0. The maximum atomic E-state index is 7.40. The van der Waals surface area contributed by atoms with Crippen molar-refractivity contribution in [2.24, 2.45) is 17.8 Å². The van der Waals surface area contributed by atoms with E-state index < -0.39 is 0 Å². The molecule has 238 valence electrons. The number of hydrogen-bond acceptors (Lipinski definition) is 3. The third kappa shape index (κ3) is 5.54. The quantitative estimate of drug-likeness (QED) is 0.171. The van der Waals surface area contributed by atoms with E-state index in [2.05, 4.69) is 78.5 Å². The number of hydrogen-bond donors (Lipinski definition) is 0. The van der Waals surface area contributed by atoms with E-state index in [0.29, 0.717) is 28.6 Å². The molecule has 0 aliphatic heterocycles. The fourth-order valence-corrected chi connectivity index (χ4v) is 9.53. The minimum atomic E-state index is 0.372. The van der Waals surface area contributed by atoms with Crippen LogP contribution in [0.15, 0.2) is 121 Å². The Hall–Kier alpha value is -5.40. The van der Waals surface area contributed by atoms with Gasteiger partial charge in [0.05, 0.1) is 6.57 Å². The first-order valence-electron chi connectivity index (χ1n) is 17.6. The lowest BCUT2D eigenvalue weighted by Crippen LogP contribution is -2.48. The third-order valence-corrected chi connectivity index (χ3v) is 11.4. The molecular weight excluding hydrogens is 597 g/mol. The first-order chi connectivity index (χ1) is 24.0. The largest absolute Gasteiger partial charge is 0.238 e. The number of aromatic nitrogens is 3. The Morgan fingerprint density at radius 1 is 0.531 bits per heavy atom. The molecule has 4 aliphatic carbocycles. The van der Waals surface area contributed by atoms with Crippen LogP contribution in [0.2, 0.25) is 0 Å². The number of rotatable bonds is 6. The van der Waals surface area contributed by atoms with Crippen LogP contribution in [0.3, 0.4) is 0 Å². The molecule has 1 aromatic heterocycles. The summed E-state index contributed by atoms with van der Waals surface area (Å²) in [6.07, 6.45) is 8.50. The van der Waals surface area contributed by atoms with E-state index in [4.69, 9.17) is 21.5 Å². The number of benzene rings is 5. The molecule has 0 N–H and O–H groups in total. The molecule has 4 aliphatic rings. The standard InChI is InChI=1S/C45H38N4/c1-29-19-39(45-26-30-20-31(27-45)22-32(21-30)28-45)15-18-41(29)37-23-36(33-9-5-3-6-10-33)24-38(25-37)44-48-42(34-11-7-4-8-12-34)47-43(49-44)35-13-16-40(46-2)17-14-35/h3-19,23-25,30-32H,20-22,26-28H2,1H3. The SMILES string of the molecule is [C-]#[N+]c1ccc(-c2nc(-c3ccccc3)nc(-c3cc(-c4ccccc4)cc(-c4ccc(C56CC7CC(CC(C7)C5)C6)cc4C)c3)n2)cc1. The van der Waals surface area contributed by atoms with Crippen molar-refractivity contribution < 1.29 is 0 Å². The van der Waals surface area contributed by atoms with Gasteiger partial charge in [0, 0.05) is 16.7 Å². The first-order valence-corrected chi connectivity index (χ1v) is 17.6. The van der Waals surface area contributed by atoms with Crippen LogP contribution >= 0.6 is 0 Å². The Kier molecular flexibility index (Phi) is 7.24. The van der Waals surface area contributed by atoms with Gasteiger partial charge in [0.25, 0.3) is 0 Å². The molecule has 0 saturated heterocycles. The molecule has 1 heterocycles. The maximum absolute atomic E-state index is 7.40. The summed E-state index contributed by atoms with van der Waals surface area (Å²) < 4.78 is 0. The molecular formula is C45H38N4. The molecule has 4 nitrogen and oxygen atoms in total. The number of aryl methyl sites for hydroxylation is 1. The second-order valence-electron chi connectivity index (χ2n) is 14.7. The average molecular weight is 635 g/mol. The van der Waals surface area contributed by atoms with Crippen LogP contribution in [0, 0.1) is 31.2 Å². The highest BCUT2D eigenvalue weighted by atomic mass is 15.0. The summed E-state index contributed by atoms with van der Waals surface area (Å²) in [4.78, 5) is 18.6. The highest BCUT2D eigenvalue weighted by Crippen LogP contribution is 2.61. The van der Waals surface area contributed by atoms with E-state index in [1.807, 2.05) is 54.6 Å². The van der Waals surface area contributed by atoms with Crippen LogP contribution in [-0.2, 0) is 5.41 Å². The highest BCUT2D eigenvalue weighted by Gasteiger charge is 2.51. The lowest BCUT2D eigenvalue weighted by molar-refractivity contribution is -0.00520. The lowest BCUT2D eigenvalue weighted by atomic mass is 9.48. The molecule has 4 bridgehead atoms. The van der Waals surface area contributed by atoms with E-state index in [1.165, 1.54) is 49.7 Å². The van der Waals surface area contributed by atoms with Gasteiger partial charge in [0.2, 0.25) is 0 Å². The van der Waals surface area contributed by atoms with Gasteiger partial charge in [-0.2, -0.15) is 0 Å². The van der Waals surface area contributed by atoms with E-state index in [-0.39, 0.29) is 0 Å². The third-order valence-electron chi connectivity index (χ3n) is 11.4. The Morgan fingerprint density at radius 3 is 1.61 bits per heavy atom. The monoisotopic (exact) mass is 634 g/mol. The molecule has 0 atom stereocenters. The number of nitrogens with zero attached hydrogens (tertiary/aromatic N) is 4. The maximum Gasteiger partial charge on any atom is 0.187 e. The van der Waals surface area contributed by atoms with E-state index in [0.717, 1.165) is 51.1 Å². The van der Waals surface area contributed by atoms with Crippen molar-refractivity contribution in [1.29, 1.82) is 0 Å². The minimum absolute atomic E-state index is 0.372. The summed E-state index contributed by atoms with van der Waals surface area (Å²) in [5, 5.41) is 0. The molecule has 0 amide bonds. The average Bonchev–Trinajstić information content (AvgIpc) is 3.14. The Morgan fingerprint density at radius 2 is 1.04 bits per heavy atom. The Labute approximate surface area is 288 Å². The molecule has 4 fully saturated rings. The lowest BCUT2D eigenvalue weighted by Gasteiger charge is -2.57. The van der Waals surface area contributed by atoms with Crippen molar-refractivity contribution in [3.63, 3.8) is 0 Å². The zero-order valence-electron chi connectivity index (χ0n) is 27.8. The molecule has 0 spiro atoms. The zero-order valence-corrected chi connectivity index (χ0v) is 27.8. The van der Waals surface area contributed by atoms with Crippen LogP contribution in [0.4, 0.5) is 5.69 Å². The molecule has 0 radical (unpaired) electrons. The van der Waals surface area contributed by atoms with E-state index in [9.17, 15) is 0 Å². The second kappa shape index (κ2) is 11.9. The Bertz CT molecular complexity index is 2180. The van der Waals surface area contributed by atoms with Crippen molar-refractivity contribution >= 4 is 5.69 Å². The van der Waals surface area contributed by atoms with Gasteiger partial charge in [-0.15, -0.1) is 0 Å². The van der Waals surface area contributed by atoms with Gasteiger partial charge >= 0.3 is 0 Å². The van der Waals surface area contributed by atoms with Gasteiger partial charge in [-0.25, -0.2) is 19.8 Å². The molecule has 4 saturated carbocycles. The van der Waals surface area contributed by atoms with Crippen molar-refractivity contribution in [2.75, 3.05) is 0 Å². The minimum Gasteiger partial charge on any atom is -0.238 e. The van der Waals surface area contributed by atoms with E-state index >= 15 is 0 Å². The predicted octanol–water partition coefficient (Wildman–Crippen LogP) is 11.5. The molecule has 0 unspecified atom stereocenters. The topological polar surface area (TPSA) is 43.0 Å². The molecule has 10 rings (SSSR count). The van der Waals surface area contributed by atoms with Crippen LogP contribution in [0.5, 0.6) is 0 Å². The summed E-state index contributed by atoms with van der Waals surface area (Å²) in [5.41, 5.74) is 11.3. The second-order valence-corrected chi connectivity index (χ2v) is 14.7. The Balaban J connectivity index is 1.18. The van der Waals surface area contributed by atoms with Gasteiger partial charge in [0.15, 0.2) is 23.2 Å².